The molecule has 3 rings (SSSR count). The first-order chi connectivity index (χ1) is 9.72. The predicted molar refractivity (Wildman–Crippen MR) is 72.4 cm³/mol. The number of nitrogens with two attached hydrogens (primary N) is 1. The van der Waals surface area contributed by atoms with E-state index in [1.807, 2.05) is 0 Å². The molecular weight excluding hydrogens is 281 g/mol. The lowest BCUT2D eigenvalue weighted by atomic mass is 10.3. The Hall–Kier alpha value is -2.28. The highest BCUT2D eigenvalue weighted by molar-refractivity contribution is 7.98. The van der Waals surface area contributed by atoms with E-state index in [9.17, 15) is 4.39 Å². The van der Waals surface area contributed by atoms with Crippen LogP contribution in [0.5, 0.6) is 0 Å². The van der Waals surface area contributed by atoms with E-state index in [1.165, 1.54) is 30.2 Å². The highest BCUT2D eigenvalue weighted by Crippen LogP contribution is 2.28. The maximum absolute atomic E-state index is 12.9. The molecule has 0 saturated carbocycles. The van der Waals surface area contributed by atoms with Crippen LogP contribution in [0, 0.1) is 5.82 Å². The third-order valence-corrected chi connectivity index (χ3v) is 3.61. The van der Waals surface area contributed by atoms with Gasteiger partial charge in [-0.2, -0.15) is 4.98 Å². The number of thioether (sulfide) groups is 1. The van der Waals surface area contributed by atoms with Crippen molar-refractivity contribution in [2.45, 2.75) is 10.6 Å². The Morgan fingerprint density at radius 2 is 2.20 bits per heavy atom. The van der Waals surface area contributed by atoms with Crippen molar-refractivity contribution in [2.75, 3.05) is 5.73 Å². The van der Waals surface area contributed by atoms with Gasteiger partial charge in [0.2, 0.25) is 0 Å². The highest BCUT2D eigenvalue weighted by atomic mass is 32.2. The number of aromatic nitrogens is 2. The number of rotatable bonds is 4. The molecule has 1 aromatic carbocycles. The van der Waals surface area contributed by atoms with E-state index in [0.717, 1.165) is 4.90 Å². The molecule has 0 aliphatic rings. The summed E-state index contributed by atoms with van der Waals surface area (Å²) >= 11 is 1.41. The maximum Gasteiger partial charge on any atom is 0.293 e. The zero-order chi connectivity index (χ0) is 13.9. The second-order valence-electron chi connectivity index (χ2n) is 3.96. The van der Waals surface area contributed by atoms with E-state index in [2.05, 4.69) is 10.1 Å². The van der Waals surface area contributed by atoms with Gasteiger partial charge in [-0.15, -0.1) is 11.8 Å². The van der Waals surface area contributed by atoms with Gasteiger partial charge in [0.15, 0.2) is 11.6 Å². The van der Waals surface area contributed by atoms with Crippen LogP contribution in [0.4, 0.5) is 10.1 Å². The normalized spacial score (nSPS) is 10.8. The molecule has 5 nitrogen and oxygen atoms in total. The first-order valence-electron chi connectivity index (χ1n) is 5.76. The van der Waals surface area contributed by atoms with Crippen LogP contribution >= 0.6 is 11.8 Å². The molecule has 0 unspecified atom stereocenters. The van der Waals surface area contributed by atoms with Gasteiger partial charge in [-0.3, -0.25) is 0 Å². The lowest BCUT2D eigenvalue weighted by Gasteiger charge is -2.02. The number of nitrogens with zero attached hydrogens (tertiary/aromatic N) is 2. The van der Waals surface area contributed by atoms with Gasteiger partial charge >= 0.3 is 0 Å². The smallest absolute Gasteiger partial charge is 0.293 e. The lowest BCUT2D eigenvalue weighted by molar-refractivity contribution is 0.411. The molecule has 20 heavy (non-hydrogen) atoms. The minimum absolute atomic E-state index is 0.331. The van der Waals surface area contributed by atoms with Crippen molar-refractivity contribution in [3.05, 3.63) is 48.2 Å². The van der Waals surface area contributed by atoms with E-state index in [4.69, 9.17) is 14.7 Å². The predicted octanol–water partition coefficient (Wildman–Crippen LogP) is 3.34. The summed E-state index contributed by atoms with van der Waals surface area (Å²) in [4.78, 5) is 4.98. The monoisotopic (exact) mass is 291 g/mol. The van der Waals surface area contributed by atoms with Crippen molar-refractivity contribution >= 4 is 17.4 Å². The van der Waals surface area contributed by atoms with Crippen molar-refractivity contribution in [2.24, 2.45) is 0 Å². The van der Waals surface area contributed by atoms with E-state index < -0.39 is 0 Å². The molecule has 0 aliphatic heterocycles. The average molecular weight is 291 g/mol. The van der Waals surface area contributed by atoms with Crippen molar-refractivity contribution in [1.82, 2.24) is 10.1 Å². The molecule has 0 aliphatic carbocycles. The second-order valence-corrected chi connectivity index (χ2v) is 4.98. The summed E-state index contributed by atoms with van der Waals surface area (Å²) in [5.41, 5.74) is 6.12. The molecule has 3 aromatic rings. The van der Waals surface area contributed by atoms with E-state index in [1.54, 1.807) is 18.2 Å². The third-order valence-electron chi connectivity index (χ3n) is 2.53. The molecule has 2 N–H and O–H groups in total. The fourth-order valence-corrected chi connectivity index (χ4v) is 2.40. The number of nitrogen functional groups attached to an aromatic ring is 1. The van der Waals surface area contributed by atoms with Crippen LogP contribution in [0.15, 0.2) is 50.4 Å². The number of furan rings is 1. The van der Waals surface area contributed by atoms with Gasteiger partial charge in [-0.25, -0.2) is 4.39 Å². The van der Waals surface area contributed by atoms with Gasteiger partial charge < -0.3 is 14.7 Å². The average Bonchev–Trinajstić information content (AvgIpc) is 3.08. The van der Waals surface area contributed by atoms with Gasteiger partial charge in [-0.1, -0.05) is 5.16 Å². The molecule has 0 spiro atoms. The summed E-state index contributed by atoms with van der Waals surface area (Å²) < 4.78 is 23.2. The zero-order valence-electron chi connectivity index (χ0n) is 10.2. The summed E-state index contributed by atoms with van der Waals surface area (Å²) in [5, 5.41) is 3.85. The van der Waals surface area contributed by atoms with E-state index in [0.29, 0.717) is 28.9 Å². The number of benzene rings is 1. The maximum atomic E-state index is 12.9. The molecule has 0 amide bonds. The van der Waals surface area contributed by atoms with E-state index >= 15 is 0 Å². The van der Waals surface area contributed by atoms with E-state index in [-0.39, 0.29) is 5.82 Å². The minimum Gasteiger partial charge on any atom is -0.459 e. The number of hydrogen-bond donors (Lipinski definition) is 1. The number of hydrogen-bond acceptors (Lipinski definition) is 6. The van der Waals surface area contributed by atoms with Crippen LogP contribution in [-0.4, -0.2) is 10.1 Å². The fourth-order valence-electron chi connectivity index (χ4n) is 1.61. The zero-order valence-corrected chi connectivity index (χ0v) is 11.1. The summed E-state index contributed by atoms with van der Waals surface area (Å²) in [7, 11) is 0. The first kappa shape index (κ1) is 12.7. The molecule has 2 aromatic heterocycles. The van der Waals surface area contributed by atoms with Crippen LogP contribution in [-0.2, 0) is 5.75 Å². The Kier molecular flexibility index (Phi) is 3.42. The molecule has 0 atom stereocenters. The van der Waals surface area contributed by atoms with Crippen LogP contribution < -0.4 is 5.73 Å². The Morgan fingerprint density at radius 3 is 2.95 bits per heavy atom. The molecule has 102 valence electrons. The molecule has 0 fully saturated rings. The van der Waals surface area contributed by atoms with Gasteiger partial charge in [0.25, 0.3) is 5.89 Å². The number of halogens is 1. The Morgan fingerprint density at radius 1 is 1.30 bits per heavy atom. The minimum atomic E-state index is -0.355. The van der Waals surface area contributed by atoms with Crippen LogP contribution in [0.1, 0.15) is 5.82 Å². The Bertz CT molecular complexity index is 712. The summed E-state index contributed by atoms with van der Waals surface area (Å²) in [6.07, 6.45) is 1.53. The SMILES string of the molecule is Nc1cc(F)ccc1SCc1noc(-c2ccco2)n1. The van der Waals surface area contributed by atoms with Gasteiger partial charge in [-0.05, 0) is 30.3 Å². The topological polar surface area (TPSA) is 78.1 Å². The largest absolute Gasteiger partial charge is 0.459 e. The van der Waals surface area contributed by atoms with Crippen molar-refractivity contribution in [3.8, 4) is 11.7 Å². The molecule has 0 radical (unpaired) electrons. The summed E-state index contributed by atoms with van der Waals surface area (Å²) in [6, 6.07) is 7.76. The molecule has 0 bridgehead atoms. The number of anilines is 1. The van der Waals surface area contributed by atoms with Gasteiger partial charge in [0.05, 0.1) is 12.0 Å². The van der Waals surface area contributed by atoms with Gasteiger partial charge in [0, 0.05) is 10.6 Å². The second kappa shape index (κ2) is 5.38. The molecular formula is C13H10FN3O2S. The molecule has 2 heterocycles. The third kappa shape index (κ3) is 2.67. The first-order valence-corrected chi connectivity index (χ1v) is 6.75. The highest BCUT2D eigenvalue weighted by Gasteiger charge is 2.11. The van der Waals surface area contributed by atoms with Crippen molar-refractivity contribution in [1.29, 1.82) is 0 Å². The molecule has 7 heteroatoms. The Labute approximate surface area is 118 Å². The fraction of sp³-hybridized carbons (Fsp3) is 0.0769. The van der Waals surface area contributed by atoms with Gasteiger partial charge in [0.1, 0.15) is 5.82 Å². The van der Waals surface area contributed by atoms with Crippen molar-refractivity contribution < 1.29 is 13.3 Å². The Balaban J connectivity index is 1.70. The summed E-state index contributed by atoms with van der Waals surface area (Å²) in [5.74, 6) is 1.49. The van der Waals surface area contributed by atoms with Crippen LogP contribution in [0.25, 0.3) is 11.7 Å². The molecule has 0 saturated heterocycles. The standard InChI is InChI=1S/C13H10FN3O2S/c14-8-3-4-11(9(15)6-8)20-7-12-16-13(19-17-12)10-2-1-5-18-10/h1-6H,7,15H2. The van der Waals surface area contributed by atoms with Crippen LogP contribution in [0.3, 0.4) is 0 Å². The lowest BCUT2D eigenvalue weighted by Crippen LogP contribution is -1.91. The van der Waals surface area contributed by atoms with Crippen molar-refractivity contribution in [3.63, 3.8) is 0 Å². The summed E-state index contributed by atoms with van der Waals surface area (Å²) in [6.45, 7) is 0. The quantitative estimate of drug-likeness (QED) is 0.586. The van der Waals surface area contributed by atoms with Crippen LogP contribution in [0.2, 0.25) is 0 Å².